The predicted octanol–water partition coefficient (Wildman–Crippen LogP) is -0.750. The van der Waals surface area contributed by atoms with Crippen molar-refractivity contribution in [3.8, 4) is 0 Å². The number of carboxylic acid groups (broad SMARTS) is 1. The molecule has 1 fully saturated rings. The van der Waals surface area contributed by atoms with Crippen LogP contribution >= 0.6 is 0 Å². The van der Waals surface area contributed by atoms with Crippen molar-refractivity contribution in [1.29, 1.82) is 0 Å². The summed E-state index contributed by atoms with van der Waals surface area (Å²) in [5.41, 5.74) is 0. The molecule has 1 aliphatic rings. The molecule has 0 aliphatic carbocycles. The van der Waals surface area contributed by atoms with Gasteiger partial charge in [-0.2, -0.15) is 0 Å². The van der Waals surface area contributed by atoms with Crippen LogP contribution in [0.2, 0.25) is 0 Å². The monoisotopic (exact) mass is 230 g/mol. The largest absolute Gasteiger partial charge is 0.465 e. The van der Waals surface area contributed by atoms with Gasteiger partial charge in [-0.15, -0.1) is 5.06 Å². The summed E-state index contributed by atoms with van der Waals surface area (Å²) in [5, 5.41) is 10.5. The Hall–Kier alpha value is -2.12. The van der Waals surface area contributed by atoms with Gasteiger partial charge in [0.2, 0.25) is 0 Å². The molecule has 0 spiro atoms. The minimum atomic E-state index is -1.40. The molecule has 0 bridgehead atoms. The fourth-order valence-electron chi connectivity index (χ4n) is 1.07. The molecule has 1 saturated heterocycles. The van der Waals surface area contributed by atoms with Crippen molar-refractivity contribution in [2.75, 3.05) is 0 Å². The molecule has 1 atom stereocenters. The lowest BCUT2D eigenvalue weighted by Gasteiger charge is -2.15. The van der Waals surface area contributed by atoms with Gasteiger partial charge in [0, 0.05) is 12.8 Å². The molecule has 1 heterocycles. The average Bonchev–Trinajstić information content (AvgIpc) is 2.48. The molecule has 2 N–H and O–H groups in total. The van der Waals surface area contributed by atoms with E-state index < -0.39 is 29.9 Å². The second-order valence-corrected chi connectivity index (χ2v) is 3.16. The maximum atomic E-state index is 11.2. The number of hydrogen-bond donors (Lipinski definition) is 2. The van der Waals surface area contributed by atoms with Crippen LogP contribution in [0.5, 0.6) is 0 Å². The maximum Gasteiger partial charge on any atom is 0.405 e. The summed E-state index contributed by atoms with van der Waals surface area (Å²) in [6.45, 7) is 1.24. The van der Waals surface area contributed by atoms with Crippen molar-refractivity contribution in [3.05, 3.63) is 0 Å². The topological polar surface area (TPSA) is 113 Å². The van der Waals surface area contributed by atoms with E-state index in [1.165, 1.54) is 6.92 Å². The van der Waals surface area contributed by atoms with E-state index in [-0.39, 0.29) is 12.8 Å². The lowest BCUT2D eigenvalue weighted by atomic mass is 10.3. The van der Waals surface area contributed by atoms with Gasteiger partial charge in [0.25, 0.3) is 11.8 Å². The van der Waals surface area contributed by atoms with Gasteiger partial charge >= 0.3 is 12.1 Å². The zero-order valence-electron chi connectivity index (χ0n) is 8.43. The normalized spacial score (nSPS) is 17.2. The van der Waals surface area contributed by atoms with Crippen LogP contribution in [0.1, 0.15) is 19.8 Å². The number of rotatable bonds is 3. The van der Waals surface area contributed by atoms with Crippen molar-refractivity contribution in [3.63, 3.8) is 0 Å². The number of amides is 3. The molecule has 1 unspecified atom stereocenters. The van der Waals surface area contributed by atoms with Crippen molar-refractivity contribution >= 4 is 23.9 Å². The van der Waals surface area contributed by atoms with E-state index in [0.29, 0.717) is 5.06 Å². The van der Waals surface area contributed by atoms with Gasteiger partial charge in [-0.3, -0.25) is 9.59 Å². The molecule has 0 aromatic carbocycles. The number of carbonyl (C=O) groups excluding carboxylic acids is 3. The Kier molecular flexibility index (Phi) is 3.44. The van der Waals surface area contributed by atoms with Gasteiger partial charge in [-0.05, 0) is 6.92 Å². The standard InChI is InChI=1S/C8H10N2O6/c1-4(9-8(14)15)7(13)16-10-5(11)2-3-6(10)12/h4,9H,2-3H2,1H3,(H,14,15). The first-order valence-corrected chi connectivity index (χ1v) is 4.49. The first kappa shape index (κ1) is 12.0. The van der Waals surface area contributed by atoms with Crippen LogP contribution in [-0.4, -0.2) is 40.1 Å². The average molecular weight is 230 g/mol. The lowest BCUT2D eigenvalue weighted by Crippen LogP contribution is -2.43. The summed E-state index contributed by atoms with van der Waals surface area (Å²) in [6.07, 6.45) is -1.41. The van der Waals surface area contributed by atoms with E-state index in [1.807, 2.05) is 5.32 Å². The molecule has 3 amide bonds. The predicted molar refractivity (Wildman–Crippen MR) is 47.8 cm³/mol. The molecule has 0 aromatic heterocycles. The molecule has 88 valence electrons. The van der Waals surface area contributed by atoms with E-state index in [4.69, 9.17) is 5.11 Å². The summed E-state index contributed by atoms with van der Waals surface area (Å²) in [6, 6.07) is -1.15. The molecule has 1 aliphatic heterocycles. The highest BCUT2D eigenvalue weighted by atomic mass is 16.7. The van der Waals surface area contributed by atoms with Gasteiger partial charge in [0.05, 0.1) is 0 Å². The smallest absolute Gasteiger partial charge is 0.405 e. The molecular weight excluding hydrogens is 220 g/mol. The fourth-order valence-corrected chi connectivity index (χ4v) is 1.07. The fraction of sp³-hybridized carbons (Fsp3) is 0.500. The Balaban J connectivity index is 2.53. The Labute approximate surface area is 90.1 Å². The highest BCUT2D eigenvalue weighted by molar-refractivity contribution is 6.01. The first-order valence-electron chi connectivity index (χ1n) is 4.49. The summed E-state index contributed by atoms with van der Waals surface area (Å²) in [4.78, 5) is 48.0. The molecule has 0 radical (unpaired) electrons. The van der Waals surface area contributed by atoms with Gasteiger partial charge in [0.1, 0.15) is 6.04 Å². The summed E-state index contributed by atoms with van der Waals surface area (Å²) >= 11 is 0. The van der Waals surface area contributed by atoms with Crippen molar-refractivity contribution in [2.24, 2.45) is 0 Å². The van der Waals surface area contributed by atoms with Gasteiger partial charge in [-0.1, -0.05) is 0 Å². The van der Waals surface area contributed by atoms with Crippen molar-refractivity contribution in [2.45, 2.75) is 25.8 Å². The van der Waals surface area contributed by atoms with Crippen molar-refractivity contribution < 1.29 is 29.1 Å². The third-order valence-electron chi connectivity index (χ3n) is 1.88. The molecule has 0 aromatic rings. The van der Waals surface area contributed by atoms with E-state index in [9.17, 15) is 19.2 Å². The third kappa shape index (κ3) is 2.69. The van der Waals surface area contributed by atoms with Gasteiger partial charge < -0.3 is 15.3 Å². The third-order valence-corrected chi connectivity index (χ3v) is 1.88. The summed E-state index contributed by atoms with van der Waals surface area (Å²) < 4.78 is 0. The molecule has 8 heteroatoms. The SMILES string of the molecule is CC(NC(=O)O)C(=O)ON1C(=O)CCC1=O. The first-order chi connectivity index (χ1) is 7.41. The number of nitrogens with one attached hydrogen (secondary N) is 1. The highest BCUT2D eigenvalue weighted by Crippen LogP contribution is 2.12. The maximum absolute atomic E-state index is 11.2. The lowest BCUT2D eigenvalue weighted by molar-refractivity contribution is -0.198. The van der Waals surface area contributed by atoms with Crippen LogP contribution in [0.15, 0.2) is 0 Å². The van der Waals surface area contributed by atoms with Gasteiger partial charge in [0.15, 0.2) is 0 Å². The van der Waals surface area contributed by atoms with Crippen molar-refractivity contribution in [1.82, 2.24) is 10.4 Å². The molecule has 1 rings (SSSR count). The molecule has 16 heavy (non-hydrogen) atoms. The molecular formula is C8H10N2O6. The van der Waals surface area contributed by atoms with Crippen LogP contribution < -0.4 is 5.32 Å². The molecule has 0 saturated carbocycles. The Morgan fingerprint density at radius 2 is 1.88 bits per heavy atom. The zero-order chi connectivity index (χ0) is 12.3. The number of hydroxylamine groups is 2. The molecule has 8 nitrogen and oxygen atoms in total. The number of imide groups is 1. The zero-order valence-corrected chi connectivity index (χ0v) is 8.43. The number of carbonyl (C=O) groups is 4. The minimum Gasteiger partial charge on any atom is -0.465 e. The number of hydrogen-bond acceptors (Lipinski definition) is 5. The van der Waals surface area contributed by atoms with Crippen LogP contribution in [0.25, 0.3) is 0 Å². The number of nitrogens with zero attached hydrogens (tertiary/aromatic N) is 1. The second-order valence-electron chi connectivity index (χ2n) is 3.16. The minimum absolute atomic E-state index is 0.00709. The van der Waals surface area contributed by atoms with Crippen LogP contribution in [0.3, 0.4) is 0 Å². The summed E-state index contributed by atoms with van der Waals surface area (Å²) in [5.74, 6) is -2.23. The Morgan fingerprint density at radius 3 is 2.31 bits per heavy atom. The van der Waals surface area contributed by atoms with Crippen LogP contribution in [-0.2, 0) is 19.2 Å². The van der Waals surface area contributed by atoms with E-state index in [0.717, 1.165) is 0 Å². The highest BCUT2D eigenvalue weighted by Gasteiger charge is 2.34. The Bertz CT molecular complexity index is 336. The summed E-state index contributed by atoms with van der Waals surface area (Å²) in [7, 11) is 0. The Morgan fingerprint density at radius 1 is 1.38 bits per heavy atom. The van der Waals surface area contributed by atoms with E-state index in [2.05, 4.69) is 4.84 Å². The van der Waals surface area contributed by atoms with E-state index in [1.54, 1.807) is 0 Å². The quantitative estimate of drug-likeness (QED) is 0.616. The van der Waals surface area contributed by atoms with Crippen LogP contribution in [0, 0.1) is 0 Å². The second kappa shape index (κ2) is 4.60. The van der Waals surface area contributed by atoms with E-state index >= 15 is 0 Å². The van der Waals surface area contributed by atoms with Crippen LogP contribution in [0.4, 0.5) is 4.79 Å². The van der Waals surface area contributed by atoms with Gasteiger partial charge in [-0.25, -0.2) is 9.59 Å².